The van der Waals surface area contributed by atoms with Crippen LogP contribution in [0.2, 0.25) is 0 Å². The van der Waals surface area contributed by atoms with Crippen molar-refractivity contribution in [3.63, 3.8) is 0 Å². The molecule has 0 aromatic heterocycles. The third-order valence-corrected chi connectivity index (χ3v) is 4.95. The molecule has 1 aromatic rings. The van der Waals surface area contributed by atoms with E-state index < -0.39 is 5.97 Å². The predicted octanol–water partition coefficient (Wildman–Crippen LogP) is 2.70. The summed E-state index contributed by atoms with van der Waals surface area (Å²) in [6, 6.07) is 6.25. The van der Waals surface area contributed by atoms with Gasteiger partial charge in [0.05, 0.1) is 17.9 Å². The second kappa shape index (κ2) is 7.71. The lowest BCUT2D eigenvalue weighted by Gasteiger charge is -2.37. The molecule has 1 atom stereocenters. The number of nitriles is 1. The Balaban J connectivity index is 1.59. The number of likely N-dealkylation sites (tertiary alicyclic amines) is 1. The number of aryl methyl sites for hydroxylation is 2. The highest BCUT2D eigenvalue weighted by Crippen LogP contribution is 2.27. The van der Waals surface area contributed by atoms with E-state index in [0.717, 1.165) is 29.0 Å². The number of carboxylic acids is 1. The first-order chi connectivity index (χ1) is 12.5. The van der Waals surface area contributed by atoms with Gasteiger partial charge in [-0.25, -0.2) is 0 Å². The minimum Gasteiger partial charge on any atom is -0.489 e. The van der Waals surface area contributed by atoms with Crippen molar-refractivity contribution >= 4 is 12.2 Å². The van der Waals surface area contributed by atoms with Crippen LogP contribution >= 0.6 is 0 Å². The number of aliphatic carboxylic acids is 1. The number of ether oxygens (including phenoxy) is 1. The van der Waals surface area contributed by atoms with Crippen molar-refractivity contribution in [3.05, 3.63) is 40.6 Å². The molecule has 3 rings (SSSR count). The molecule has 0 amide bonds. The first kappa shape index (κ1) is 18.2. The molecule has 2 aliphatic heterocycles. The van der Waals surface area contributed by atoms with E-state index in [9.17, 15) is 4.79 Å². The van der Waals surface area contributed by atoms with Crippen LogP contribution in [0, 0.1) is 37.0 Å². The Morgan fingerprint density at radius 1 is 1.38 bits per heavy atom. The van der Waals surface area contributed by atoms with E-state index in [-0.39, 0.29) is 11.8 Å². The Labute approximate surface area is 153 Å². The predicted molar refractivity (Wildman–Crippen MR) is 98.1 cm³/mol. The van der Waals surface area contributed by atoms with Gasteiger partial charge >= 0.3 is 5.97 Å². The molecular weight excluding hydrogens is 330 g/mol. The van der Waals surface area contributed by atoms with Crippen molar-refractivity contribution in [2.75, 3.05) is 19.7 Å². The van der Waals surface area contributed by atoms with E-state index in [1.54, 1.807) is 12.4 Å². The van der Waals surface area contributed by atoms with E-state index in [1.807, 2.05) is 12.1 Å². The van der Waals surface area contributed by atoms with Crippen molar-refractivity contribution in [1.82, 2.24) is 4.90 Å². The van der Waals surface area contributed by atoms with Crippen LogP contribution in [0.15, 0.2) is 28.9 Å². The number of nitrogens with zero attached hydrogens (tertiary/aromatic N) is 3. The fourth-order valence-corrected chi connectivity index (χ4v) is 3.36. The molecular formula is C20H23N3O3. The number of hydrogen-bond acceptors (Lipinski definition) is 5. The van der Waals surface area contributed by atoms with E-state index in [1.165, 1.54) is 5.56 Å². The maximum atomic E-state index is 10.9. The average molecular weight is 353 g/mol. The molecule has 1 saturated heterocycles. The third-order valence-electron chi connectivity index (χ3n) is 4.95. The molecule has 2 aliphatic rings. The van der Waals surface area contributed by atoms with Crippen LogP contribution < -0.4 is 4.74 Å². The summed E-state index contributed by atoms with van der Waals surface area (Å²) in [5, 5.41) is 18.0. The Bertz CT molecular complexity index is 778. The minimum absolute atomic E-state index is 0.171. The van der Waals surface area contributed by atoms with Gasteiger partial charge in [0.1, 0.15) is 12.4 Å². The number of carboxylic acid groups (broad SMARTS) is 1. The summed E-state index contributed by atoms with van der Waals surface area (Å²) in [7, 11) is 0. The molecule has 1 aromatic carbocycles. The number of rotatable bonds is 6. The van der Waals surface area contributed by atoms with Gasteiger partial charge in [0.2, 0.25) is 0 Å². The molecule has 6 heteroatoms. The van der Waals surface area contributed by atoms with Crippen molar-refractivity contribution in [2.24, 2.45) is 16.8 Å². The molecule has 6 nitrogen and oxygen atoms in total. The maximum absolute atomic E-state index is 10.9. The third kappa shape index (κ3) is 4.12. The van der Waals surface area contributed by atoms with Crippen LogP contribution in [0.25, 0.3) is 0 Å². The molecule has 1 fully saturated rings. The number of carbonyl (C=O) groups is 1. The Morgan fingerprint density at radius 3 is 2.69 bits per heavy atom. The Morgan fingerprint density at radius 2 is 2.08 bits per heavy atom. The lowest BCUT2D eigenvalue weighted by atomic mass is 9.96. The van der Waals surface area contributed by atoms with Crippen LogP contribution in [0.5, 0.6) is 5.75 Å². The van der Waals surface area contributed by atoms with Crippen LogP contribution in [0.3, 0.4) is 0 Å². The molecule has 0 aliphatic carbocycles. The zero-order chi connectivity index (χ0) is 18.7. The van der Waals surface area contributed by atoms with E-state index in [2.05, 4.69) is 29.8 Å². The molecule has 0 radical (unpaired) electrons. The molecule has 0 bridgehead atoms. The largest absolute Gasteiger partial charge is 0.489 e. The molecule has 0 saturated carbocycles. The average Bonchev–Trinajstić information content (AvgIpc) is 2.57. The van der Waals surface area contributed by atoms with Gasteiger partial charge in [-0.3, -0.25) is 14.7 Å². The summed E-state index contributed by atoms with van der Waals surface area (Å²) in [5.74, 6) is -0.310. The molecule has 0 spiro atoms. The zero-order valence-corrected chi connectivity index (χ0v) is 15.1. The van der Waals surface area contributed by atoms with Crippen molar-refractivity contribution < 1.29 is 14.6 Å². The van der Waals surface area contributed by atoms with Crippen LogP contribution in [0.1, 0.15) is 23.1 Å². The van der Waals surface area contributed by atoms with E-state index >= 15 is 0 Å². The standard InChI is InChI=1S/C20H23N3O3/c1-13-3-18(26-12-16-5-15(6-21)7-22-8-16)4-14(2)19(13)11-23-9-17(10-23)20(24)25/h3-4,7-8,15,17H,5,9-12H2,1-2H3,(H,24,25). The molecule has 2 heterocycles. The first-order valence-corrected chi connectivity index (χ1v) is 8.75. The van der Waals surface area contributed by atoms with Crippen LogP contribution in [-0.2, 0) is 11.3 Å². The smallest absolute Gasteiger partial charge is 0.309 e. The Hall–Kier alpha value is -2.65. The van der Waals surface area contributed by atoms with Crippen LogP contribution in [0.4, 0.5) is 0 Å². The second-order valence-electron chi connectivity index (χ2n) is 7.08. The summed E-state index contributed by atoms with van der Waals surface area (Å²) < 4.78 is 5.91. The number of hydrogen-bond donors (Lipinski definition) is 1. The first-order valence-electron chi connectivity index (χ1n) is 8.75. The normalized spacial score (nSPS) is 20.2. The molecule has 1 N–H and O–H groups in total. The highest BCUT2D eigenvalue weighted by molar-refractivity contribution is 5.71. The SMILES string of the molecule is Cc1cc(OCC2=CN=CC(C#N)C2)cc(C)c1CN1CC(C(=O)O)C1. The van der Waals surface area contributed by atoms with Gasteiger partial charge in [0.15, 0.2) is 0 Å². The minimum atomic E-state index is -0.710. The van der Waals surface area contributed by atoms with E-state index in [0.29, 0.717) is 26.1 Å². The molecule has 136 valence electrons. The van der Waals surface area contributed by atoms with Crippen molar-refractivity contribution in [2.45, 2.75) is 26.8 Å². The molecule has 26 heavy (non-hydrogen) atoms. The quantitative estimate of drug-likeness (QED) is 0.850. The summed E-state index contributed by atoms with van der Waals surface area (Å²) in [5.41, 5.74) is 4.53. The topological polar surface area (TPSA) is 85.9 Å². The zero-order valence-electron chi connectivity index (χ0n) is 15.1. The highest BCUT2D eigenvalue weighted by atomic mass is 16.5. The van der Waals surface area contributed by atoms with Crippen LogP contribution in [-0.4, -0.2) is 41.9 Å². The summed E-state index contributed by atoms with van der Waals surface area (Å²) >= 11 is 0. The van der Waals surface area contributed by atoms with E-state index in [4.69, 9.17) is 15.1 Å². The van der Waals surface area contributed by atoms with Crippen molar-refractivity contribution in [3.8, 4) is 11.8 Å². The maximum Gasteiger partial charge on any atom is 0.309 e. The second-order valence-corrected chi connectivity index (χ2v) is 7.08. The Kier molecular flexibility index (Phi) is 5.38. The van der Waals surface area contributed by atoms with Gasteiger partial charge in [0.25, 0.3) is 0 Å². The van der Waals surface area contributed by atoms with Crippen molar-refractivity contribution in [1.29, 1.82) is 5.26 Å². The lowest BCUT2D eigenvalue weighted by Crippen LogP contribution is -2.49. The van der Waals surface area contributed by atoms with Gasteiger partial charge in [-0.05, 0) is 54.7 Å². The fraction of sp³-hybridized carbons (Fsp3) is 0.450. The van der Waals surface area contributed by atoms with Gasteiger partial charge in [0, 0.05) is 32.0 Å². The van der Waals surface area contributed by atoms with Gasteiger partial charge in [-0.2, -0.15) is 5.26 Å². The highest BCUT2D eigenvalue weighted by Gasteiger charge is 2.32. The van der Waals surface area contributed by atoms with Gasteiger partial charge in [-0.1, -0.05) is 0 Å². The monoisotopic (exact) mass is 353 g/mol. The lowest BCUT2D eigenvalue weighted by molar-refractivity contribution is -0.147. The summed E-state index contributed by atoms with van der Waals surface area (Å²) in [6.45, 7) is 6.53. The van der Waals surface area contributed by atoms with Gasteiger partial charge < -0.3 is 9.84 Å². The number of benzene rings is 1. The summed E-state index contributed by atoms with van der Waals surface area (Å²) in [6.07, 6.45) is 4.09. The molecule has 1 unspecified atom stereocenters. The summed E-state index contributed by atoms with van der Waals surface area (Å²) in [4.78, 5) is 17.2. The van der Waals surface area contributed by atoms with Gasteiger partial charge in [-0.15, -0.1) is 0 Å². The number of aliphatic imine (C=N–C) groups is 1. The fourth-order valence-electron chi connectivity index (χ4n) is 3.36.